The number of carbonyl (C=O) groups is 3. The van der Waals surface area contributed by atoms with Crippen LogP contribution in [0.3, 0.4) is 0 Å². The first kappa shape index (κ1) is 66.3. The Hall–Kier alpha value is -4.71. The maximum atomic E-state index is 12.8. The fraction of sp³-hybridized carbons (Fsp3) is 0.585. The van der Waals surface area contributed by atoms with Gasteiger partial charge >= 0.3 is 17.9 Å². The van der Waals surface area contributed by atoms with E-state index in [1.807, 2.05) is 0 Å². The second-order valence-corrected chi connectivity index (χ2v) is 18.1. The lowest BCUT2D eigenvalue weighted by Gasteiger charge is -2.18. The zero-order valence-electron chi connectivity index (χ0n) is 45.4. The van der Waals surface area contributed by atoms with Gasteiger partial charge in [0.25, 0.3) is 0 Å². The van der Waals surface area contributed by atoms with Crippen LogP contribution in [-0.4, -0.2) is 37.2 Å². The molecule has 71 heavy (non-hydrogen) atoms. The molecule has 0 aliphatic carbocycles. The minimum atomic E-state index is -0.842. The highest BCUT2D eigenvalue weighted by atomic mass is 16.6. The lowest BCUT2D eigenvalue weighted by atomic mass is 10.1. The van der Waals surface area contributed by atoms with Crippen molar-refractivity contribution in [2.75, 3.05) is 13.2 Å². The van der Waals surface area contributed by atoms with Crippen molar-refractivity contribution in [1.29, 1.82) is 0 Å². The van der Waals surface area contributed by atoms with E-state index in [2.05, 4.69) is 167 Å². The number of allylic oxidation sites excluding steroid dienone is 24. The van der Waals surface area contributed by atoms with Gasteiger partial charge in [0.05, 0.1) is 0 Å². The Labute approximate surface area is 436 Å². The standard InChI is InChI=1S/C65H102O6/c1-4-7-10-13-16-19-22-25-28-31-32-35-37-40-43-46-49-52-55-58-64(67)70-61-62(71-65(68)59-56-53-50-47-44-41-38-34-30-27-24-21-18-15-12-9-6-3)60-69-63(66)57-54-51-48-45-42-39-36-33-29-26-23-20-17-14-11-8-5-2/h7,10,16-21,25-30,32,35-36,38-39,41,45,47-48,50,62H,4-6,8-9,11-15,22-24,31,33-34,37,40,42-44,46,49,51-61H2,1-3H3/b10-7-,19-16-,20-17-,21-18-,28-25-,29-26-,30-27-,35-32-,39-36-,41-38-,48-45-,50-47-. The van der Waals surface area contributed by atoms with Crippen molar-refractivity contribution in [3.8, 4) is 0 Å². The second-order valence-electron chi connectivity index (χ2n) is 18.1. The van der Waals surface area contributed by atoms with Crippen LogP contribution >= 0.6 is 0 Å². The van der Waals surface area contributed by atoms with Gasteiger partial charge in [-0.15, -0.1) is 0 Å². The largest absolute Gasteiger partial charge is 0.462 e. The van der Waals surface area contributed by atoms with Crippen LogP contribution in [0.25, 0.3) is 0 Å². The number of rotatable bonds is 49. The monoisotopic (exact) mass is 979 g/mol. The molecular weight excluding hydrogens is 877 g/mol. The van der Waals surface area contributed by atoms with E-state index in [4.69, 9.17) is 14.2 Å². The lowest BCUT2D eigenvalue weighted by molar-refractivity contribution is -0.167. The molecule has 0 heterocycles. The van der Waals surface area contributed by atoms with E-state index in [0.29, 0.717) is 19.3 Å². The van der Waals surface area contributed by atoms with E-state index in [0.717, 1.165) is 109 Å². The van der Waals surface area contributed by atoms with E-state index in [-0.39, 0.29) is 44.0 Å². The fourth-order valence-corrected chi connectivity index (χ4v) is 7.06. The SMILES string of the molecule is CC/C=C\C/C=C\C/C=C\C/C=C\CCCCCCCCC(=O)OCC(COC(=O)CCC/C=C\C/C=C\C/C=C\C/C=C\CCCCC)OC(=O)CCC/C=C\C/C=C\C/C=C\C/C=C\CCCCC. The molecule has 0 fully saturated rings. The Bertz CT molecular complexity index is 1590. The Morgan fingerprint density at radius 3 is 0.915 bits per heavy atom. The zero-order valence-corrected chi connectivity index (χ0v) is 45.4. The summed E-state index contributed by atoms with van der Waals surface area (Å²) in [6.45, 7) is 6.35. The summed E-state index contributed by atoms with van der Waals surface area (Å²) < 4.78 is 16.7. The summed E-state index contributed by atoms with van der Waals surface area (Å²) in [5.41, 5.74) is 0. The zero-order chi connectivity index (χ0) is 51.4. The summed E-state index contributed by atoms with van der Waals surface area (Å²) >= 11 is 0. The third-order valence-electron chi connectivity index (χ3n) is 11.3. The van der Waals surface area contributed by atoms with Crippen LogP contribution in [0.15, 0.2) is 146 Å². The van der Waals surface area contributed by atoms with Crippen LogP contribution in [0.5, 0.6) is 0 Å². The first-order chi connectivity index (χ1) is 35.0. The van der Waals surface area contributed by atoms with Gasteiger partial charge in [-0.3, -0.25) is 14.4 Å². The topological polar surface area (TPSA) is 78.9 Å². The number of unbranched alkanes of at least 4 members (excludes halogenated alkanes) is 14. The molecule has 0 saturated carbocycles. The number of hydrogen-bond acceptors (Lipinski definition) is 6. The predicted octanol–water partition coefficient (Wildman–Crippen LogP) is 19.2. The van der Waals surface area contributed by atoms with E-state index < -0.39 is 6.10 Å². The second kappa shape index (κ2) is 57.9. The van der Waals surface area contributed by atoms with E-state index >= 15 is 0 Å². The number of ether oxygens (including phenoxy) is 3. The molecule has 398 valence electrons. The summed E-state index contributed by atoms with van der Waals surface area (Å²) in [7, 11) is 0. The van der Waals surface area contributed by atoms with Crippen molar-refractivity contribution in [2.24, 2.45) is 0 Å². The first-order valence-electron chi connectivity index (χ1n) is 28.3. The summed E-state index contributed by atoms with van der Waals surface area (Å²) in [5.74, 6) is -1.07. The van der Waals surface area contributed by atoms with E-state index in [9.17, 15) is 14.4 Å². The van der Waals surface area contributed by atoms with Crippen LogP contribution in [-0.2, 0) is 28.6 Å². The summed E-state index contributed by atoms with van der Waals surface area (Å²) in [6, 6.07) is 0. The number of hydrogen-bond donors (Lipinski definition) is 0. The molecule has 0 aromatic carbocycles. The third kappa shape index (κ3) is 56.1. The molecule has 0 rings (SSSR count). The smallest absolute Gasteiger partial charge is 0.306 e. The van der Waals surface area contributed by atoms with Gasteiger partial charge in [0.15, 0.2) is 6.10 Å². The Kier molecular flexibility index (Phi) is 54.0. The Morgan fingerprint density at radius 2 is 0.563 bits per heavy atom. The minimum absolute atomic E-state index is 0.130. The number of carbonyl (C=O) groups excluding carboxylic acids is 3. The minimum Gasteiger partial charge on any atom is -0.462 e. The van der Waals surface area contributed by atoms with E-state index in [1.165, 1.54) is 64.2 Å². The van der Waals surface area contributed by atoms with E-state index in [1.54, 1.807) is 0 Å². The van der Waals surface area contributed by atoms with Gasteiger partial charge in [-0.25, -0.2) is 0 Å². The predicted molar refractivity (Wildman–Crippen MR) is 306 cm³/mol. The van der Waals surface area contributed by atoms with Crippen LogP contribution in [0.1, 0.15) is 226 Å². The molecule has 6 heteroatoms. The molecule has 1 atom stereocenters. The molecule has 0 radical (unpaired) electrons. The van der Waals surface area contributed by atoms with Crippen LogP contribution in [0, 0.1) is 0 Å². The van der Waals surface area contributed by atoms with Crippen molar-refractivity contribution in [3.63, 3.8) is 0 Å². The summed E-state index contributed by atoms with van der Waals surface area (Å²) in [5, 5.41) is 0. The van der Waals surface area contributed by atoms with Gasteiger partial charge in [0, 0.05) is 19.3 Å². The van der Waals surface area contributed by atoms with Crippen molar-refractivity contribution < 1.29 is 28.6 Å². The molecule has 0 aromatic rings. The summed E-state index contributed by atoms with van der Waals surface area (Å²) in [4.78, 5) is 38.1. The molecular formula is C65H102O6. The van der Waals surface area contributed by atoms with Crippen molar-refractivity contribution in [1.82, 2.24) is 0 Å². The molecule has 1 unspecified atom stereocenters. The molecule has 0 saturated heterocycles. The van der Waals surface area contributed by atoms with Crippen LogP contribution < -0.4 is 0 Å². The average Bonchev–Trinajstić information content (AvgIpc) is 3.37. The fourth-order valence-electron chi connectivity index (χ4n) is 7.06. The van der Waals surface area contributed by atoms with Gasteiger partial charge < -0.3 is 14.2 Å². The molecule has 0 aliphatic rings. The molecule has 0 bridgehead atoms. The third-order valence-corrected chi connectivity index (χ3v) is 11.3. The normalized spacial score (nSPS) is 13.2. The van der Waals surface area contributed by atoms with Gasteiger partial charge in [0.1, 0.15) is 13.2 Å². The molecule has 0 aliphatic heterocycles. The van der Waals surface area contributed by atoms with Gasteiger partial charge in [-0.1, -0.05) is 218 Å². The number of esters is 3. The highest BCUT2D eigenvalue weighted by molar-refractivity contribution is 5.71. The average molecular weight is 980 g/mol. The van der Waals surface area contributed by atoms with Gasteiger partial charge in [-0.05, 0) is 135 Å². The molecule has 0 spiro atoms. The Morgan fingerprint density at radius 1 is 0.296 bits per heavy atom. The van der Waals surface area contributed by atoms with Crippen molar-refractivity contribution in [2.45, 2.75) is 232 Å². The quantitative estimate of drug-likeness (QED) is 0.0262. The van der Waals surface area contributed by atoms with Crippen LogP contribution in [0.2, 0.25) is 0 Å². The Balaban J connectivity index is 4.61. The molecule has 0 aromatic heterocycles. The van der Waals surface area contributed by atoms with Gasteiger partial charge in [-0.2, -0.15) is 0 Å². The molecule has 6 nitrogen and oxygen atoms in total. The maximum Gasteiger partial charge on any atom is 0.306 e. The molecule has 0 N–H and O–H groups in total. The van der Waals surface area contributed by atoms with Crippen molar-refractivity contribution >= 4 is 17.9 Å². The lowest BCUT2D eigenvalue weighted by Crippen LogP contribution is -2.30. The first-order valence-corrected chi connectivity index (χ1v) is 28.3. The van der Waals surface area contributed by atoms with Gasteiger partial charge in [0.2, 0.25) is 0 Å². The van der Waals surface area contributed by atoms with Crippen molar-refractivity contribution in [3.05, 3.63) is 146 Å². The highest BCUT2D eigenvalue weighted by Crippen LogP contribution is 2.12. The summed E-state index contributed by atoms with van der Waals surface area (Å²) in [6.07, 6.45) is 82.7. The van der Waals surface area contributed by atoms with Crippen LogP contribution in [0.4, 0.5) is 0 Å². The highest BCUT2D eigenvalue weighted by Gasteiger charge is 2.19. The maximum absolute atomic E-state index is 12.8. The molecule has 0 amide bonds.